The van der Waals surface area contributed by atoms with Crippen LogP contribution in [0.4, 0.5) is 0 Å². The van der Waals surface area contributed by atoms with E-state index in [9.17, 15) is 0 Å². The fourth-order valence-corrected chi connectivity index (χ4v) is 9.77. The number of fused-ring (bicyclic) bond motifs is 14. The van der Waals surface area contributed by atoms with Crippen molar-refractivity contribution in [2.24, 2.45) is 0 Å². The zero-order valence-electron chi connectivity index (χ0n) is 27.0. The van der Waals surface area contributed by atoms with Crippen molar-refractivity contribution in [2.45, 2.75) is 19.3 Å². The van der Waals surface area contributed by atoms with E-state index in [-0.39, 0.29) is 5.41 Å². The van der Waals surface area contributed by atoms with Gasteiger partial charge >= 0.3 is 0 Å². The summed E-state index contributed by atoms with van der Waals surface area (Å²) < 4.78 is 4.94. The number of rotatable bonds is 2. The molecule has 1 aliphatic carbocycles. The molecule has 0 amide bonds. The Morgan fingerprint density at radius 2 is 1.24 bits per heavy atom. The van der Waals surface area contributed by atoms with Crippen LogP contribution in [0.2, 0.25) is 0 Å². The Bertz CT molecular complexity index is 3030. The van der Waals surface area contributed by atoms with Crippen LogP contribution >= 0.6 is 11.3 Å². The van der Waals surface area contributed by atoms with Crippen LogP contribution in [0.1, 0.15) is 25.0 Å². The Labute approximate surface area is 286 Å². The van der Waals surface area contributed by atoms with Gasteiger partial charge in [-0.25, -0.2) is 9.97 Å². The van der Waals surface area contributed by atoms with Crippen LogP contribution in [-0.4, -0.2) is 14.5 Å². The van der Waals surface area contributed by atoms with E-state index in [0.717, 1.165) is 27.7 Å². The van der Waals surface area contributed by atoms with E-state index >= 15 is 0 Å². The molecule has 0 atom stereocenters. The third-order valence-electron chi connectivity index (χ3n) is 10.8. The Morgan fingerprint density at radius 1 is 0.571 bits per heavy atom. The first-order valence-corrected chi connectivity index (χ1v) is 17.7. The number of benzene rings is 7. The molecular formula is C45H29N3S. The molecule has 0 spiro atoms. The van der Waals surface area contributed by atoms with E-state index in [4.69, 9.17) is 9.97 Å². The molecule has 3 heterocycles. The van der Waals surface area contributed by atoms with E-state index in [1.807, 2.05) is 11.3 Å². The first-order chi connectivity index (χ1) is 24.1. The van der Waals surface area contributed by atoms with Crippen molar-refractivity contribution in [3.05, 3.63) is 151 Å². The normalized spacial score (nSPS) is 13.7. The van der Waals surface area contributed by atoms with Gasteiger partial charge in [0.05, 0.1) is 22.2 Å². The molecule has 7 aromatic carbocycles. The van der Waals surface area contributed by atoms with Crippen LogP contribution in [0.15, 0.2) is 140 Å². The van der Waals surface area contributed by atoms with E-state index < -0.39 is 0 Å². The van der Waals surface area contributed by atoms with Crippen LogP contribution < -0.4 is 0 Å². The molecule has 3 aromatic heterocycles. The highest BCUT2D eigenvalue weighted by molar-refractivity contribution is 7.25. The van der Waals surface area contributed by atoms with Gasteiger partial charge in [-0.15, -0.1) is 11.3 Å². The average molecular weight is 644 g/mol. The van der Waals surface area contributed by atoms with E-state index in [1.54, 1.807) is 0 Å². The second kappa shape index (κ2) is 9.62. The highest BCUT2D eigenvalue weighted by Gasteiger charge is 2.40. The lowest BCUT2D eigenvalue weighted by molar-refractivity contribution is 0.666. The highest BCUT2D eigenvalue weighted by Crippen LogP contribution is 2.56. The van der Waals surface area contributed by atoms with Crippen molar-refractivity contribution in [3.8, 4) is 28.3 Å². The first-order valence-electron chi connectivity index (χ1n) is 16.8. The average Bonchev–Trinajstić information content (AvgIpc) is 3.77. The lowest BCUT2D eigenvalue weighted by atomic mass is 9.79. The second-order valence-corrected chi connectivity index (χ2v) is 14.8. The van der Waals surface area contributed by atoms with E-state index in [2.05, 4.69) is 158 Å². The van der Waals surface area contributed by atoms with Gasteiger partial charge in [-0.3, -0.25) is 4.57 Å². The molecule has 1 aliphatic rings. The third-order valence-corrected chi connectivity index (χ3v) is 11.9. The quantitative estimate of drug-likeness (QED) is 0.188. The first kappa shape index (κ1) is 27.1. The molecule has 0 fully saturated rings. The second-order valence-electron chi connectivity index (χ2n) is 13.7. The smallest absolute Gasteiger partial charge is 0.235 e. The molecule has 3 nitrogen and oxygen atoms in total. The fraction of sp³-hybridized carbons (Fsp3) is 0.0667. The number of nitrogens with zero attached hydrogens (tertiary/aromatic N) is 3. The number of hydrogen-bond acceptors (Lipinski definition) is 3. The maximum Gasteiger partial charge on any atom is 0.235 e. The summed E-state index contributed by atoms with van der Waals surface area (Å²) in [7, 11) is 0. The Kier molecular flexibility index (Phi) is 5.33. The Balaban J connectivity index is 1.31. The minimum absolute atomic E-state index is 0.172. The van der Waals surface area contributed by atoms with Crippen molar-refractivity contribution in [1.29, 1.82) is 0 Å². The monoisotopic (exact) mass is 643 g/mol. The van der Waals surface area contributed by atoms with E-state index in [1.165, 1.54) is 69.5 Å². The molecule has 0 radical (unpaired) electrons. The van der Waals surface area contributed by atoms with Gasteiger partial charge in [-0.1, -0.05) is 123 Å². The molecule has 0 unspecified atom stereocenters. The molecule has 0 N–H and O–H groups in total. The van der Waals surface area contributed by atoms with Crippen LogP contribution in [-0.2, 0) is 5.41 Å². The van der Waals surface area contributed by atoms with Gasteiger partial charge in [0.1, 0.15) is 0 Å². The van der Waals surface area contributed by atoms with Crippen molar-refractivity contribution in [2.75, 3.05) is 0 Å². The molecule has 49 heavy (non-hydrogen) atoms. The Morgan fingerprint density at radius 3 is 2.12 bits per heavy atom. The maximum atomic E-state index is 5.54. The van der Waals surface area contributed by atoms with Gasteiger partial charge in [0.25, 0.3) is 0 Å². The lowest BCUT2D eigenvalue weighted by Gasteiger charge is -2.23. The minimum Gasteiger partial charge on any atom is -0.277 e. The molecule has 230 valence electrons. The van der Waals surface area contributed by atoms with Crippen molar-refractivity contribution in [3.63, 3.8) is 0 Å². The summed E-state index contributed by atoms with van der Waals surface area (Å²) in [5.74, 6) is 0.690. The van der Waals surface area contributed by atoms with Gasteiger partial charge < -0.3 is 0 Å². The topological polar surface area (TPSA) is 30.7 Å². The van der Waals surface area contributed by atoms with Gasteiger partial charge in [0.2, 0.25) is 5.95 Å². The van der Waals surface area contributed by atoms with E-state index in [0.29, 0.717) is 5.95 Å². The summed E-state index contributed by atoms with van der Waals surface area (Å²) in [6.45, 7) is 4.75. The van der Waals surface area contributed by atoms with Gasteiger partial charge in [0, 0.05) is 52.9 Å². The minimum atomic E-state index is -0.172. The van der Waals surface area contributed by atoms with Gasteiger partial charge in [0.15, 0.2) is 0 Å². The van der Waals surface area contributed by atoms with Crippen molar-refractivity contribution >= 4 is 75.0 Å². The molecule has 0 aliphatic heterocycles. The van der Waals surface area contributed by atoms with Crippen molar-refractivity contribution < 1.29 is 0 Å². The molecule has 0 saturated heterocycles. The molecule has 11 rings (SSSR count). The molecular weight excluding hydrogens is 615 g/mol. The SMILES string of the molecule is CC1(C)c2ccccc2-c2c1c1ccccc1c1c3ccccc3n(-c3nc(-c4ccc5sc6ccccc6c5c4)c4ccccc4n3)c21. The van der Waals surface area contributed by atoms with Crippen LogP contribution in [0, 0.1) is 0 Å². The van der Waals surface area contributed by atoms with Crippen LogP contribution in [0.3, 0.4) is 0 Å². The summed E-state index contributed by atoms with van der Waals surface area (Å²) in [5.41, 5.74) is 10.4. The van der Waals surface area contributed by atoms with Gasteiger partial charge in [-0.2, -0.15) is 0 Å². The summed E-state index contributed by atoms with van der Waals surface area (Å²) in [6, 6.07) is 50.6. The molecule has 0 bridgehead atoms. The highest BCUT2D eigenvalue weighted by atomic mass is 32.1. The predicted molar refractivity (Wildman–Crippen MR) is 207 cm³/mol. The largest absolute Gasteiger partial charge is 0.277 e. The fourth-order valence-electron chi connectivity index (χ4n) is 8.68. The van der Waals surface area contributed by atoms with Gasteiger partial charge in [-0.05, 0) is 57.8 Å². The molecule has 4 heteroatoms. The number of aromatic nitrogens is 3. The maximum absolute atomic E-state index is 5.54. The molecule has 10 aromatic rings. The predicted octanol–water partition coefficient (Wildman–Crippen LogP) is 12.2. The lowest BCUT2D eigenvalue weighted by Crippen LogP contribution is -2.15. The summed E-state index contributed by atoms with van der Waals surface area (Å²) >= 11 is 1.84. The van der Waals surface area contributed by atoms with Crippen LogP contribution in [0.5, 0.6) is 0 Å². The Hall–Kier alpha value is -5.84. The zero-order valence-corrected chi connectivity index (χ0v) is 27.8. The zero-order chi connectivity index (χ0) is 32.4. The number of hydrogen-bond donors (Lipinski definition) is 0. The standard InChI is InChI=1S/C45H29N3S/c1-45(2)34-19-9-5-16-30(34)40-41(45)29-15-4-3-14-28(29)39-32-18-7-11-21-36(32)48(43(39)40)44-46-35-20-10-6-17-31(35)42(47-44)26-23-24-38-33(25-26)27-13-8-12-22-37(27)49-38/h3-25H,1-2H3. The van der Waals surface area contributed by atoms with Crippen molar-refractivity contribution in [1.82, 2.24) is 14.5 Å². The summed E-state index contributed by atoms with van der Waals surface area (Å²) in [4.78, 5) is 10.9. The number of thiophene rings is 1. The number of para-hydroxylation sites is 2. The molecule has 0 saturated carbocycles. The third kappa shape index (κ3) is 3.56. The summed E-state index contributed by atoms with van der Waals surface area (Å²) in [5, 5.41) is 8.64. The van der Waals surface area contributed by atoms with Crippen LogP contribution in [0.25, 0.3) is 92.0 Å². The summed E-state index contributed by atoms with van der Waals surface area (Å²) in [6.07, 6.45) is 0.